The van der Waals surface area contributed by atoms with E-state index in [9.17, 15) is 14.9 Å². The number of anilines is 1. The number of amides is 2. The third-order valence-electron chi connectivity index (χ3n) is 2.58. The molecule has 0 aromatic heterocycles. The Morgan fingerprint density at radius 3 is 2.65 bits per heavy atom. The molecule has 110 valence electrons. The van der Waals surface area contributed by atoms with E-state index >= 15 is 0 Å². The molecule has 20 heavy (non-hydrogen) atoms. The average molecular weight is 345 g/mol. The number of rotatable bonds is 5. The minimum atomic E-state index is -0.475. The maximum absolute atomic E-state index is 11.7. The summed E-state index contributed by atoms with van der Waals surface area (Å²) in [4.78, 5) is 24.0. The van der Waals surface area contributed by atoms with Gasteiger partial charge in [-0.05, 0) is 43.0 Å². The van der Waals surface area contributed by atoms with Crippen LogP contribution in [0.15, 0.2) is 16.6 Å². The summed E-state index contributed by atoms with van der Waals surface area (Å²) < 4.78 is 0.600. The number of likely N-dealkylation sites (N-methyl/N-ethyl adjacent to an activating group) is 1. The van der Waals surface area contributed by atoms with Crippen LogP contribution in [0.25, 0.3) is 0 Å². The Morgan fingerprint density at radius 2 is 2.10 bits per heavy atom. The van der Waals surface area contributed by atoms with Crippen LogP contribution in [0.1, 0.15) is 5.56 Å². The first-order valence-electron chi connectivity index (χ1n) is 5.95. The highest BCUT2D eigenvalue weighted by Crippen LogP contribution is 2.30. The number of nitro groups is 1. The van der Waals surface area contributed by atoms with Crippen molar-refractivity contribution < 1.29 is 9.72 Å². The summed E-state index contributed by atoms with van der Waals surface area (Å²) >= 11 is 3.28. The second kappa shape index (κ2) is 7.20. The van der Waals surface area contributed by atoms with Gasteiger partial charge in [-0.15, -0.1) is 0 Å². The minimum Gasteiger partial charge on any atom is -0.337 e. The maximum Gasteiger partial charge on any atom is 0.319 e. The topological polar surface area (TPSA) is 87.5 Å². The fraction of sp³-hybridized carbons (Fsp3) is 0.417. The van der Waals surface area contributed by atoms with Gasteiger partial charge >= 0.3 is 6.03 Å². The van der Waals surface area contributed by atoms with Gasteiger partial charge in [0.2, 0.25) is 0 Å². The molecule has 2 N–H and O–H groups in total. The quantitative estimate of drug-likeness (QED) is 0.633. The predicted octanol–water partition coefficient (Wildman–Crippen LogP) is 2.35. The van der Waals surface area contributed by atoms with Gasteiger partial charge in [-0.1, -0.05) is 0 Å². The van der Waals surface area contributed by atoms with Gasteiger partial charge in [-0.2, -0.15) is 0 Å². The van der Waals surface area contributed by atoms with Crippen LogP contribution in [0.5, 0.6) is 0 Å². The molecule has 7 nitrogen and oxygen atoms in total. The van der Waals surface area contributed by atoms with Crippen molar-refractivity contribution in [2.24, 2.45) is 0 Å². The van der Waals surface area contributed by atoms with Crippen LogP contribution in [-0.2, 0) is 0 Å². The third-order valence-corrected chi connectivity index (χ3v) is 3.23. The molecule has 0 aliphatic carbocycles. The van der Waals surface area contributed by atoms with Crippen LogP contribution < -0.4 is 10.6 Å². The molecule has 0 heterocycles. The van der Waals surface area contributed by atoms with Crippen LogP contribution in [0.3, 0.4) is 0 Å². The number of hydrogen-bond acceptors (Lipinski definition) is 4. The van der Waals surface area contributed by atoms with E-state index in [1.807, 2.05) is 19.0 Å². The van der Waals surface area contributed by atoms with Gasteiger partial charge in [0.1, 0.15) is 0 Å². The second-order valence-electron chi connectivity index (χ2n) is 4.56. The van der Waals surface area contributed by atoms with Crippen LogP contribution in [-0.4, -0.2) is 43.0 Å². The smallest absolute Gasteiger partial charge is 0.319 e. The van der Waals surface area contributed by atoms with Crippen LogP contribution in [0.4, 0.5) is 16.2 Å². The molecule has 0 atom stereocenters. The molecule has 0 fully saturated rings. The van der Waals surface area contributed by atoms with Crippen LogP contribution >= 0.6 is 15.9 Å². The molecule has 0 spiro atoms. The highest BCUT2D eigenvalue weighted by molar-refractivity contribution is 9.10. The lowest BCUT2D eigenvalue weighted by Crippen LogP contribution is -2.34. The minimum absolute atomic E-state index is 0.0307. The van der Waals surface area contributed by atoms with E-state index < -0.39 is 11.0 Å². The Morgan fingerprint density at radius 1 is 1.45 bits per heavy atom. The van der Waals surface area contributed by atoms with Crippen molar-refractivity contribution in [2.45, 2.75) is 6.92 Å². The van der Waals surface area contributed by atoms with Crippen molar-refractivity contribution in [1.29, 1.82) is 0 Å². The zero-order chi connectivity index (χ0) is 15.3. The van der Waals surface area contributed by atoms with Gasteiger partial charge in [-0.25, -0.2) is 4.79 Å². The number of carbonyl (C=O) groups is 1. The number of nitrogens with zero attached hydrogens (tertiary/aromatic N) is 2. The molecule has 0 unspecified atom stereocenters. The Kier molecular flexibility index (Phi) is 5.90. The summed E-state index contributed by atoms with van der Waals surface area (Å²) in [7, 11) is 3.80. The zero-order valence-corrected chi connectivity index (χ0v) is 13.2. The van der Waals surface area contributed by atoms with Crippen LogP contribution in [0.2, 0.25) is 0 Å². The summed E-state index contributed by atoms with van der Waals surface area (Å²) in [5.41, 5.74) is 0.863. The number of nitro benzene ring substituents is 1. The number of benzene rings is 1. The number of carbonyl (C=O) groups excluding carboxylic acids is 1. The van der Waals surface area contributed by atoms with Gasteiger partial charge in [0.25, 0.3) is 5.69 Å². The molecule has 0 aliphatic rings. The number of halogens is 1. The summed E-state index contributed by atoms with van der Waals surface area (Å²) in [6.45, 7) is 2.84. The van der Waals surface area contributed by atoms with Crippen molar-refractivity contribution in [1.82, 2.24) is 10.2 Å². The van der Waals surface area contributed by atoms with Gasteiger partial charge in [0.05, 0.1) is 10.6 Å². The largest absolute Gasteiger partial charge is 0.337 e. The fourth-order valence-electron chi connectivity index (χ4n) is 1.51. The molecule has 2 amide bonds. The molecule has 0 bridgehead atoms. The number of hydrogen-bond donors (Lipinski definition) is 2. The zero-order valence-electron chi connectivity index (χ0n) is 11.6. The van der Waals surface area contributed by atoms with Gasteiger partial charge < -0.3 is 15.5 Å². The molecule has 1 aromatic carbocycles. The monoisotopic (exact) mass is 344 g/mol. The first kappa shape index (κ1) is 16.4. The second-order valence-corrected chi connectivity index (χ2v) is 5.41. The summed E-state index contributed by atoms with van der Waals surface area (Å²) in [6, 6.07) is 2.55. The van der Waals surface area contributed by atoms with E-state index in [0.717, 1.165) is 0 Å². The van der Waals surface area contributed by atoms with Crippen molar-refractivity contribution in [3.8, 4) is 0 Å². The Bertz CT molecular complexity index is 520. The SMILES string of the molecule is Cc1cc(Br)c(NC(=O)NCCN(C)C)cc1[N+](=O)[O-]. The third kappa shape index (κ3) is 4.78. The van der Waals surface area contributed by atoms with E-state index in [4.69, 9.17) is 0 Å². The summed E-state index contributed by atoms with van der Waals surface area (Å²) in [5.74, 6) is 0. The Balaban J connectivity index is 2.74. The molecular formula is C12H17BrN4O3. The van der Waals surface area contributed by atoms with Crippen molar-refractivity contribution >= 4 is 33.3 Å². The molecule has 0 saturated carbocycles. The van der Waals surface area contributed by atoms with Gasteiger partial charge in [-0.3, -0.25) is 10.1 Å². The highest BCUT2D eigenvalue weighted by Gasteiger charge is 2.15. The van der Waals surface area contributed by atoms with E-state index in [2.05, 4.69) is 26.6 Å². The van der Waals surface area contributed by atoms with E-state index in [1.165, 1.54) is 6.07 Å². The molecule has 1 aromatic rings. The number of urea groups is 1. The normalized spacial score (nSPS) is 10.4. The first-order chi connectivity index (χ1) is 9.31. The number of nitrogens with one attached hydrogen (secondary N) is 2. The summed E-state index contributed by atoms with van der Waals surface area (Å²) in [5, 5.41) is 16.1. The molecule has 8 heteroatoms. The fourth-order valence-corrected chi connectivity index (χ4v) is 2.07. The van der Waals surface area contributed by atoms with E-state index in [-0.39, 0.29) is 5.69 Å². The highest BCUT2D eigenvalue weighted by atomic mass is 79.9. The van der Waals surface area contributed by atoms with Gasteiger partial charge in [0, 0.05) is 29.2 Å². The Hall–Kier alpha value is -1.67. The lowest BCUT2D eigenvalue weighted by Gasteiger charge is -2.12. The lowest BCUT2D eigenvalue weighted by molar-refractivity contribution is -0.385. The lowest BCUT2D eigenvalue weighted by atomic mass is 10.2. The van der Waals surface area contributed by atoms with Crippen molar-refractivity contribution in [3.05, 3.63) is 32.3 Å². The predicted molar refractivity (Wildman–Crippen MR) is 81.1 cm³/mol. The van der Waals surface area contributed by atoms with E-state index in [0.29, 0.717) is 28.8 Å². The summed E-state index contributed by atoms with van der Waals surface area (Å²) in [6.07, 6.45) is 0. The molecular weight excluding hydrogens is 328 g/mol. The maximum atomic E-state index is 11.7. The van der Waals surface area contributed by atoms with Gasteiger partial charge in [0.15, 0.2) is 0 Å². The van der Waals surface area contributed by atoms with E-state index in [1.54, 1.807) is 13.0 Å². The van der Waals surface area contributed by atoms with Crippen LogP contribution in [0, 0.1) is 17.0 Å². The molecule has 0 saturated heterocycles. The molecule has 0 radical (unpaired) electrons. The standard InChI is InChI=1S/C12H17BrN4O3/c1-8-6-9(13)10(7-11(8)17(19)20)15-12(18)14-4-5-16(2)3/h6-7H,4-5H2,1-3H3,(H2,14,15,18). The first-order valence-corrected chi connectivity index (χ1v) is 6.74. The molecule has 1 rings (SSSR count). The number of aryl methyl sites for hydroxylation is 1. The van der Waals surface area contributed by atoms with Crippen molar-refractivity contribution in [2.75, 3.05) is 32.5 Å². The molecule has 0 aliphatic heterocycles. The Labute approximate surface area is 125 Å². The van der Waals surface area contributed by atoms with Crippen molar-refractivity contribution in [3.63, 3.8) is 0 Å². The average Bonchev–Trinajstić information content (AvgIpc) is 2.31.